The Morgan fingerprint density at radius 3 is 2.57 bits per heavy atom. The van der Waals surface area contributed by atoms with E-state index in [0.29, 0.717) is 22.8 Å². The van der Waals surface area contributed by atoms with Gasteiger partial charge in [0.25, 0.3) is 10.0 Å². The lowest BCUT2D eigenvalue weighted by Crippen LogP contribution is -2.50. The molecule has 0 spiro atoms. The molecule has 0 unspecified atom stereocenters. The van der Waals surface area contributed by atoms with Crippen LogP contribution in [0.25, 0.3) is 0 Å². The van der Waals surface area contributed by atoms with E-state index in [0.717, 1.165) is 26.2 Å². The van der Waals surface area contributed by atoms with E-state index >= 15 is 0 Å². The average Bonchev–Trinajstić information content (AvgIpc) is 2.72. The van der Waals surface area contributed by atoms with Gasteiger partial charge in [-0.1, -0.05) is 12.1 Å². The lowest BCUT2D eigenvalue weighted by atomic mass is 10.1. The summed E-state index contributed by atoms with van der Waals surface area (Å²) < 4.78 is 28.1. The van der Waals surface area contributed by atoms with E-state index in [1.807, 2.05) is 11.0 Å². The summed E-state index contributed by atoms with van der Waals surface area (Å²) >= 11 is 0. The van der Waals surface area contributed by atoms with Crippen molar-refractivity contribution in [2.45, 2.75) is 17.9 Å². The highest BCUT2D eigenvalue weighted by atomic mass is 32.2. The zero-order valence-electron chi connectivity index (χ0n) is 11.9. The Bertz CT molecular complexity index is 662. The molecule has 1 fully saturated rings. The van der Waals surface area contributed by atoms with Gasteiger partial charge in [-0.15, -0.1) is 4.40 Å². The van der Waals surface area contributed by atoms with Crippen LogP contribution < -0.4 is 0 Å². The minimum Gasteiger partial charge on any atom is -0.392 e. The van der Waals surface area contributed by atoms with E-state index < -0.39 is 10.0 Å². The Kier molecular flexibility index (Phi) is 3.73. The second-order valence-corrected chi connectivity index (χ2v) is 7.10. The predicted molar refractivity (Wildman–Crippen MR) is 79.9 cm³/mol. The molecule has 7 heteroatoms. The number of aliphatic hydroxyl groups excluding tert-OH is 1. The highest BCUT2D eigenvalue weighted by Gasteiger charge is 2.32. The van der Waals surface area contributed by atoms with E-state index in [1.165, 1.54) is 0 Å². The molecule has 21 heavy (non-hydrogen) atoms. The fraction of sp³-hybridized carbons (Fsp3) is 0.500. The number of hydrogen-bond acceptors (Lipinski definition) is 5. The number of rotatable bonds is 2. The average molecular weight is 309 g/mol. The Hall–Kier alpha value is -1.44. The topological polar surface area (TPSA) is 73.2 Å². The highest BCUT2D eigenvalue weighted by Crippen LogP contribution is 2.27. The maximum atomic E-state index is 12.1. The number of β-amino-alcohol motifs (C(OH)–C–C–N with tert-alkyl or cyclic N) is 1. The third kappa shape index (κ3) is 2.81. The lowest BCUT2D eigenvalue weighted by Gasteiger charge is -2.36. The fourth-order valence-electron chi connectivity index (χ4n) is 2.83. The van der Waals surface area contributed by atoms with Gasteiger partial charge in [0, 0.05) is 38.3 Å². The van der Waals surface area contributed by atoms with Gasteiger partial charge in [0.15, 0.2) is 5.84 Å². The normalized spacial score (nSPS) is 22.8. The molecule has 0 bridgehead atoms. The van der Waals surface area contributed by atoms with Crippen LogP contribution in [0, 0.1) is 0 Å². The Morgan fingerprint density at radius 2 is 1.90 bits per heavy atom. The third-order valence-corrected chi connectivity index (χ3v) is 5.13. The van der Waals surface area contributed by atoms with Crippen molar-refractivity contribution < 1.29 is 13.5 Å². The molecule has 1 N–H and O–H groups in total. The van der Waals surface area contributed by atoms with Crippen molar-refractivity contribution in [3.05, 3.63) is 29.8 Å². The van der Waals surface area contributed by atoms with E-state index in [1.54, 1.807) is 25.1 Å². The molecule has 1 aromatic rings. The Morgan fingerprint density at radius 1 is 1.24 bits per heavy atom. The van der Waals surface area contributed by atoms with E-state index in [4.69, 9.17) is 0 Å². The van der Waals surface area contributed by atoms with E-state index in [9.17, 15) is 13.5 Å². The summed E-state index contributed by atoms with van der Waals surface area (Å²) in [5.41, 5.74) is 0.696. The fourth-order valence-corrected chi connectivity index (χ4v) is 4.06. The SMILES string of the molecule is C[C@@H](O)CN1CCN(C2=NS(=O)(=O)c3ccccc32)CC1. The summed E-state index contributed by atoms with van der Waals surface area (Å²) in [6, 6.07) is 6.96. The summed E-state index contributed by atoms with van der Waals surface area (Å²) in [7, 11) is -3.54. The predicted octanol–water partition coefficient (Wildman–Crippen LogP) is 0.134. The first-order valence-electron chi connectivity index (χ1n) is 7.07. The van der Waals surface area contributed by atoms with Crippen LogP contribution in [0.2, 0.25) is 0 Å². The summed E-state index contributed by atoms with van der Waals surface area (Å²) in [5, 5.41) is 9.42. The maximum absolute atomic E-state index is 12.1. The first kappa shape index (κ1) is 14.5. The molecule has 1 atom stereocenters. The molecule has 114 valence electrons. The molecule has 6 nitrogen and oxygen atoms in total. The Labute approximate surface area is 124 Å². The second kappa shape index (κ2) is 5.40. The lowest BCUT2D eigenvalue weighted by molar-refractivity contribution is 0.101. The first-order valence-corrected chi connectivity index (χ1v) is 8.51. The van der Waals surface area contributed by atoms with Gasteiger partial charge in [-0.05, 0) is 19.1 Å². The van der Waals surface area contributed by atoms with Gasteiger partial charge in [-0.3, -0.25) is 4.90 Å². The quantitative estimate of drug-likeness (QED) is 0.841. The van der Waals surface area contributed by atoms with Crippen molar-refractivity contribution in [2.24, 2.45) is 4.40 Å². The number of amidine groups is 1. The smallest absolute Gasteiger partial charge is 0.285 e. The number of aliphatic hydroxyl groups is 1. The molecule has 2 aliphatic rings. The maximum Gasteiger partial charge on any atom is 0.285 e. The van der Waals surface area contributed by atoms with Gasteiger partial charge >= 0.3 is 0 Å². The molecular formula is C14H19N3O3S. The van der Waals surface area contributed by atoms with Crippen molar-refractivity contribution >= 4 is 15.9 Å². The molecule has 2 heterocycles. The molecule has 2 aliphatic heterocycles. The third-order valence-electron chi connectivity index (χ3n) is 3.81. The number of hydrogen-bond donors (Lipinski definition) is 1. The van der Waals surface area contributed by atoms with Crippen molar-refractivity contribution in [3.8, 4) is 0 Å². The van der Waals surface area contributed by atoms with Gasteiger partial charge in [-0.2, -0.15) is 8.42 Å². The molecule has 0 aromatic heterocycles. The highest BCUT2D eigenvalue weighted by molar-refractivity contribution is 7.90. The van der Waals surface area contributed by atoms with E-state index in [-0.39, 0.29) is 6.10 Å². The van der Waals surface area contributed by atoms with Crippen molar-refractivity contribution in [2.75, 3.05) is 32.7 Å². The molecule has 1 aromatic carbocycles. The van der Waals surface area contributed by atoms with Crippen LogP contribution in [0.1, 0.15) is 12.5 Å². The summed E-state index contributed by atoms with van der Waals surface area (Å²) in [5.74, 6) is 0.558. The van der Waals surface area contributed by atoms with Crippen LogP contribution in [0.5, 0.6) is 0 Å². The van der Waals surface area contributed by atoms with Crippen molar-refractivity contribution in [1.82, 2.24) is 9.80 Å². The molecular weight excluding hydrogens is 290 g/mol. The molecule has 0 aliphatic carbocycles. The molecule has 3 rings (SSSR count). The van der Waals surface area contributed by atoms with Gasteiger partial charge < -0.3 is 10.0 Å². The molecule has 0 amide bonds. The van der Waals surface area contributed by atoms with Crippen LogP contribution in [-0.4, -0.2) is 68.0 Å². The van der Waals surface area contributed by atoms with Gasteiger partial charge in [0.2, 0.25) is 0 Å². The minimum atomic E-state index is -3.54. The molecule has 0 saturated carbocycles. The number of nitrogens with zero attached hydrogens (tertiary/aromatic N) is 3. The Balaban J connectivity index is 1.78. The number of fused-ring (bicyclic) bond motifs is 1. The molecule has 0 radical (unpaired) electrons. The minimum absolute atomic E-state index is 0.298. The van der Waals surface area contributed by atoms with Gasteiger partial charge in [0.1, 0.15) is 4.90 Å². The van der Waals surface area contributed by atoms with Crippen LogP contribution in [0.3, 0.4) is 0 Å². The second-order valence-electron chi connectivity index (χ2n) is 5.52. The van der Waals surface area contributed by atoms with Crippen molar-refractivity contribution in [1.29, 1.82) is 0 Å². The largest absolute Gasteiger partial charge is 0.392 e. The van der Waals surface area contributed by atoms with Crippen LogP contribution in [0.15, 0.2) is 33.6 Å². The number of piperazine rings is 1. The monoisotopic (exact) mass is 309 g/mol. The summed E-state index contributed by atoms with van der Waals surface area (Å²) in [6.07, 6.45) is -0.346. The number of sulfonamides is 1. The zero-order valence-corrected chi connectivity index (χ0v) is 12.8. The van der Waals surface area contributed by atoms with Crippen LogP contribution >= 0.6 is 0 Å². The molecule has 1 saturated heterocycles. The van der Waals surface area contributed by atoms with Gasteiger partial charge in [-0.25, -0.2) is 0 Å². The first-order chi connectivity index (χ1) is 9.97. The standard InChI is InChI=1S/C14H19N3O3S/c1-11(18)10-16-6-8-17(9-7-16)14-12-4-2-3-5-13(12)21(19,20)15-14/h2-5,11,18H,6-10H2,1H3/t11-/m1/s1. The summed E-state index contributed by atoms with van der Waals surface area (Å²) in [6.45, 7) is 5.45. The van der Waals surface area contributed by atoms with Crippen LogP contribution in [0.4, 0.5) is 0 Å². The van der Waals surface area contributed by atoms with Gasteiger partial charge in [0.05, 0.1) is 6.10 Å². The number of benzene rings is 1. The van der Waals surface area contributed by atoms with Crippen LogP contribution in [-0.2, 0) is 10.0 Å². The zero-order chi connectivity index (χ0) is 15.0. The summed E-state index contributed by atoms with van der Waals surface area (Å²) in [4.78, 5) is 4.49. The van der Waals surface area contributed by atoms with Crippen molar-refractivity contribution in [3.63, 3.8) is 0 Å². The van der Waals surface area contributed by atoms with E-state index in [2.05, 4.69) is 9.30 Å².